The fourth-order valence-corrected chi connectivity index (χ4v) is 2.89. The van der Waals surface area contributed by atoms with Gasteiger partial charge in [-0.25, -0.2) is 4.79 Å². The topological polar surface area (TPSA) is 48.6 Å². The molecule has 3 rings (SSSR count). The number of rotatable bonds is 2. The van der Waals surface area contributed by atoms with Gasteiger partial charge in [-0.15, -0.1) is 11.6 Å². The van der Waals surface area contributed by atoms with Crippen LogP contribution in [0.1, 0.15) is 16.5 Å². The number of hydrogen-bond acceptors (Lipinski definition) is 1. The summed E-state index contributed by atoms with van der Waals surface area (Å²) in [7, 11) is 0. The highest BCUT2D eigenvalue weighted by Gasteiger charge is 2.16. The quantitative estimate of drug-likeness (QED) is 0.669. The van der Waals surface area contributed by atoms with Crippen molar-refractivity contribution in [1.29, 1.82) is 0 Å². The van der Waals surface area contributed by atoms with Gasteiger partial charge in [0.05, 0.1) is 26.5 Å². The van der Waals surface area contributed by atoms with Gasteiger partial charge in [-0.1, -0.05) is 41.4 Å². The maximum Gasteiger partial charge on any atom is 0.323 e. The van der Waals surface area contributed by atoms with Crippen molar-refractivity contribution < 1.29 is 0 Å². The van der Waals surface area contributed by atoms with Gasteiger partial charge in [-0.05, 0) is 29.3 Å². The van der Waals surface area contributed by atoms with E-state index in [-0.39, 0.29) is 5.69 Å². The average molecular weight is 328 g/mol. The van der Waals surface area contributed by atoms with E-state index in [1.54, 1.807) is 18.2 Å². The first kappa shape index (κ1) is 13.6. The van der Waals surface area contributed by atoms with E-state index >= 15 is 0 Å². The maximum absolute atomic E-state index is 11.3. The van der Waals surface area contributed by atoms with E-state index in [0.717, 1.165) is 16.6 Å². The highest BCUT2D eigenvalue weighted by molar-refractivity contribution is 6.43. The van der Waals surface area contributed by atoms with Crippen LogP contribution in [0.5, 0.6) is 0 Å². The Morgan fingerprint density at radius 3 is 2.55 bits per heavy atom. The van der Waals surface area contributed by atoms with Crippen LogP contribution in [-0.2, 0) is 0 Å². The van der Waals surface area contributed by atoms with Crippen LogP contribution >= 0.6 is 34.8 Å². The molecule has 0 fully saturated rings. The highest BCUT2D eigenvalue weighted by Crippen LogP contribution is 2.37. The molecule has 3 nitrogen and oxygen atoms in total. The molecule has 3 aromatic rings. The van der Waals surface area contributed by atoms with Crippen LogP contribution < -0.4 is 5.69 Å². The largest absolute Gasteiger partial charge is 0.323 e. The first-order valence-corrected chi connectivity index (χ1v) is 7.05. The summed E-state index contributed by atoms with van der Waals surface area (Å²) in [5, 5.41) is 0.465. The van der Waals surface area contributed by atoms with Gasteiger partial charge >= 0.3 is 5.69 Å². The average Bonchev–Trinajstić information content (AvgIpc) is 2.80. The Labute approximate surface area is 129 Å². The van der Waals surface area contributed by atoms with Crippen LogP contribution in [0, 0.1) is 0 Å². The smallest absolute Gasteiger partial charge is 0.306 e. The van der Waals surface area contributed by atoms with E-state index in [1.807, 2.05) is 18.2 Å². The van der Waals surface area contributed by atoms with E-state index in [0.29, 0.717) is 15.6 Å². The van der Waals surface area contributed by atoms with Crippen molar-refractivity contribution in [3.8, 4) is 0 Å². The van der Waals surface area contributed by atoms with Gasteiger partial charge in [0, 0.05) is 0 Å². The van der Waals surface area contributed by atoms with E-state index in [2.05, 4.69) is 9.97 Å². The third-order valence-corrected chi connectivity index (χ3v) is 4.41. The number of halogens is 3. The highest BCUT2D eigenvalue weighted by atomic mass is 35.5. The molecule has 0 radical (unpaired) electrons. The third-order valence-electron chi connectivity index (χ3n) is 3.09. The first-order chi connectivity index (χ1) is 9.56. The zero-order valence-electron chi connectivity index (χ0n) is 10.1. The standard InChI is InChI=1S/C14H9Cl3N2O/c15-9-3-1-2-8(13(9)17)12(16)7-4-5-10-11(6-7)19-14(20)18-10/h1-6,12H,(H2,18,19,20). The van der Waals surface area contributed by atoms with Gasteiger partial charge in [0.1, 0.15) is 0 Å². The van der Waals surface area contributed by atoms with Crippen molar-refractivity contribution in [3.05, 3.63) is 68.1 Å². The normalized spacial score (nSPS) is 12.8. The Morgan fingerprint density at radius 2 is 1.75 bits per heavy atom. The van der Waals surface area contributed by atoms with Gasteiger partial charge in [0.2, 0.25) is 0 Å². The Hall–Kier alpha value is -1.42. The Balaban J connectivity index is 2.09. The number of alkyl halides is 1. The Kier molecular flexibility index (Phi) is 3.50. The van der Waals surface area contributed by atoms with Gasteiger partial charge in [0.15, 0.2) is 0 Å². The predicted octanol–water partition coefficient (Wildman–Crippen LogP) is 4.49. The second kappa shape index (κ2) is 5.17. The van der Waals surface area contributed by atoms with Gasteiger partial charge in [-0.2, -0.15) is 0 Å². The maximum atomic E-state index is 11.3. The van der Waals surface area contributed by atoms with E-state index < -0.39 is 5.38 Å². The lowest BCUT2D eigenvalue weighted by Gasteiger charge is -2.13. The summed E-state index contributed by atoms with van der Waals surface area (Å²) >= 11 is 18.7. The second-order valence-electron chi connectivity index (χ2n) is 4.39. The van der Waals surface area contributed by atoms with E-state index in [1.165, 1.54) is 0 Å². The number of hydrogen-bond donors (Lipinski definition) is 2. The van der Waals surface area contributed by atoms with Gasteiger partial charge < -0.3 is 9.97 Å². The van der Waals surface area contributed by atoms with Crippen molar-refractivity contribution in [1.82, 2.24) is 9.97 Å². The molecule has 2 aromatic carbocycles. The molecule has 0 bridgehead atoms. The zero-order valence-corrected chi connectivity index (χ0v) is 12.4. The molecule has 0 aliphatic carbocycles. The van der Waals surface area contributed by atoms with Crippen molar-refractivity contribution in [3.63, 3.8) is 0 Å². The minimum Gasteiger partial charge on any atom is -0.306 e. The lowest BCUT2D eigenvalue weighted by molar-refractivity contribution is 1.14. The first-order valence-electron chi connectivity index (χ1n) is 5.86. The number of fused-ring (bicyclic) bond motifs is 1. The number of H-pyrrole nitrogens is 2. The molecule has 0 aliphatic rings. The summed E-state index contributed by atoms with van der Waals surface area (Å²) in [5.41, 5.74) is 2.76. The molecule has 1 aromatic heterocycles. The molecule has 1 unspecified atom stereocenters. The molecule has 0 saturated heterocycles. The summed E-state index contributed by atoms with van der Waals surface area (Å²) in [5.74, 6) is 0. The SMILES string of the molecule is O=c1[nH]c2ccc(C(Cl)c3cccc(Cl)c3Cl)cc2[nH]1. The summed E-state index contributed by atoms with van der Waals surface area (Å²) in [6.07, 6.45) is 0. The van der Waals surface area contributed by atoms with Gasteiger partial charge in [-0.3, -0.25) is 0 Å². The van der Waals surface area contributed by atoms with Crippen LogP contribution in [0.4, 0.5) is 0 Å². The number of imidazole rings is 1. The Morgan fingerprint density at radius 1 is 1.00 bits per heavy atom. The van der Waals surface area contributed by atoms with Crippen LogP contribution in [0.25, 0.3) is 11.0 Å². The molecule has 0 amide bonds. The van der Waals surface area contributed by atoms with Crippen LogP contribution in [0.3, 0.4) is 0 Å². The number of benzene rings is 2. The van der Waals surface area contributed by atoms with E-state index in [4.69, 9.17) is 34.8 Å². The van der Waals surface area contributed by atoms with Gasteiger partial charge in [0.25, 0.3) is 0 Å². The molecule has 1 heterocycles. The molecule has 102 valence electrons. The summed E-state index contributed by atoms with van der Waals surface area (Å²) in [4.78, 5) is 16.6. The van der Waals surface area contributed by atoms with E-state index in [9.17, 15) is 4.79 Å². The zero-order chi connectivity index (χ0) is 14.3. The van der Waals surface area contributed by atoms with Crippen molar-refractivity contribution in [2.24, 2.45) is 0 Å². The molecular weight excluding hydrogens is 319 g/mol. The predicted molar refractivity (Wildman–Crippen MR) is 83.1 cm³/mol. The molecule has 1 atom stereocenters. The summed E-state index contributed by atoms with van der Waals surface area (Å²) in [6, 6.07) is 10.8. The van der Waals surface area contributed by atoms with Crippen LogP contribution in [0.15, 0.2) is 41.2 Å². The third kappa shape index (κ3) is 2.33. The molecule has 2 N–H and O–H groups in total. The molecule has 0 saturated carbocycles. The van der Waals surface area contributed by atoms with Crippen molar-refractivity contribution in [2.45, 2.75) is 5.38 Å². The number of aromatic amines is 2. The molecular formula is C14H9Cl3N2O. The lowest BCUT2D eigenvalue weighted by Crippen LogP contribution is -1.99. The monoisotopic (exact) mass is 326 g/mol. The minimum absolute atomic E-state index is 0.246. The van der Waals surface area contributed by atoms with Crippen LogP contribution in [-0.4, -0.2) is 9.97 Å². The fourth-order valence-electron chi connectivity index (χ4n) is 2.10. The Bertz CT molecular complexity index is 838. The second-order valence-corrected chi connectivity index (χ2v) is 5.61. The summed E-state index contributed by atoms with van der Waals surface area (Å²) < 4.78 is 0. The molecule has 20 heavy (non-hydrogen) atoms. The molecule has 6 heteroatoms. The van der Waals surface area contributed by atoms with Crippen LogP contribution in [0.2, 0.25) is 10.0 Å². The fraction of sp³-hybridized carbons (Fsp3) is 0.0714. The lowest BCUT2D eigenvalue weighted by atomic mass is 10.0. The number of aromatic nitrogens is 2. The summed E-state index contributed by atoms with van der Waals surface area (Å²) in [6.45, 7) is 0. The van der Waals surface area contributed by atoms with Crippen molar-refractivity contribution >= 4 is 45.8 Å². The number of nitrogens with one attached hydrogen (secondary N) is 2. The van der Waals surface area contributed by atoms with Crippen molar-refractivity contribution in [2.75, 3.05) is 0 Å². The minimum atomic E-state index is -0.441. The molecule has 0 spiro atoms. The molecule has 0 aliphatic heterocycles.